The fourth-order valence-electron chi connectivity index (χ4n) is 1.63. The number of ketones is 1. The fraction of sp³-hybridized carbons (Fsp3) is 0.500. The molecule has 0 spiro atoms. The van der Waals surface area contributed by atoms with Crippen LogP contribution in [-0.4, -0.2) is 29.6 Å². The molecule has 0 aliphatic carbocycles. The number of aliphatic hydroxyl groups is 1. The molecule has 1 rings (SSSR count). The minimum atomic E-state index is -0.164. The van der Waals surface area contributed by atoms with Gasteiger partial charge in [-0.15, -0.1) is 0 Å². The van der Waals surface area contributed by atoms with E-state index in [0.29, 0.717) is 18.7 Å². The third-order valence-electron chi connectivity index (χ3n) is 2.56. The molecule has 0 radical (unpaired) electrons. The van der Waals surface area contributed by atoms with Crippen molar-refractivity contribution in [3.8, 4) is 5.88 Å². The van der Waals surface area contributed by atoms with Gasteiger partial charge in [0.15, 0.2) is 0 Å². The van der Waals surface area contributed by atoms with Gasteiger partial charge in [-0.25, -0.2) is 4.98 Å². The Kier molecular flexibility index (Phi) is 4.92. The second-order valence-electron chi connectivity index (χ2n) is 3.70. The standard InChI is InChI=1S/C12H17NO3/c1-9(15)10(5-7-14)8-11-4-3-6-13-12(11)16-2/h3-4,6,10,14H,5,7-8H2,1-2H3. The number of Topliss-reactive ketones (excluding diaryl/α,β-unsaturated/α-hetero) is 1. The minimum absolute atomic E-state index is 0.0207. The summed E-state index contributed by atoms with van der Waals surface area (Å²) in [5, 5.41) is 8.89. The third kappa shape index (κ3) is 3.31. The number of pyridine rings is 1. The van der Waals surface area contributed by atoms with Crippen molar-refractivity contribution in [2.45, 2.75) is 19.8 Å². The molecule has 1 aromatic heterocycles. The Morgan fingerprint density at radius 1 is 1.62 bits per heavy atom. The molecule has 1 atom stereocenters. The quantitative estimate of drug-likeness (QED) is 0.787. The van der Waals surface area contributed by atoms with E-state index in [9.17, 15) is 4.79 Å². The van der Waals surface area contributed by atoms with Gasteiger partial charge in [0.2, 0.25) is 5.88 Å². The van der Waals surface area contributed by atoms with Gasteiger partial charge in [-0.05, 0) is 25.8 Å². The summed E-state index contributed by atoms with van der Waals surface area (Å²) in [6.45, 7) is 1.57. The summed E-state index contributed by atoms with van der Waals surface area (Å²) >= 11 is 0. The zero-order valence-corrected chi connectivity index (χ0v) is 9.64. The molecule has 0 aliphatic rings. The van der Waals surface area contributed by atoms with Crippen LogP contribution in [0.2, 0.25) is 0 Å². The van der Waals surface area contributed by atoms with Gasteiger partial charge in [-0.2, -0.15) is 0 Å². The first-order valence-electron chi connectivity index (χ1n) is 5.28. The smallest absolute Gasteiger partial charge is 0.216 e. The maximum atomic E-state index is 11.4. The lowest BCUT2D eigenvalue weighted by Crippen LogP contribution is -2.16. The van der Waals surface area contributed by atoms with Crippen LogP contribution in [0.1, 0.15) is 18.9 Å². The van der Waals surface area contributed by atoms with E-state index in [4.69, 9.17) is 9.84 Å². The Hall–Kier alpha value is -1.42. The van der Waals surface area contributed by atoms with Gasteiger partial charge < -0.3 is 9.84 Å². The monoisotopic (exact) mass is 223 g/mol. The average molecular weight is 223 g/mol. The molecular formula is C12H17NO3. The van der Waals surface area contributed by atoms with Crippen LogP contribution in [0.15, 0.2) is 18.3 Å². The summed E-state index contributed by atoms with van der Waals surface area (Å²) in [4.78, 5) is 15.4. The van der Waals surface area contributed by atoms with Crippen molar-refractivity contribution < 1.29 is 14.6 Å². The Morgan fingerprint density at radius 2 is 2.38 bits per heavy atom. The Balaban J connectivity index is 2.80. The molecule has 0 amide bonds. The van der Waals surface area contributed by atoms with Crippen molar-refractivity contribution in [1.82, 2.24) is 4.98 Å². The predicted octanol–water partition coefficient (Wildman–Crippen LogP) is 1.22. The molecule has 1 aromatic rings. The van der Waals surface area contributed by atoms with Crippen LogP contribution < -0.4 is 4.74 Å². The van der Waals surface area contributed by atoms with E-state index in [1.807, 2.05) is 12.1 Å². The minimum Gasteiger partial charge on any atom is -0.481 e. The maximum Gasteiger partial charge on any atom is 0.216 e. The Labute approximate surface area is 95.3 Å². The first-order chi connectivity index (χ1) is 7.69. The molecule has 1 unspecified atom stereocenters. The van der Waals surface area contributed by atoms with Gasteiger partial charge in [0.1, 0.15) is 5.78 Å². The number of hydrogen-bond donors (Lipinski definition) is 1. The first kappa shape index (κ1) is 12.6. The van der Waals surface area contributed by atoms with Crippen molar-refractivity contribution in [3.63, 3.8) is 0 Å². The lowest BCUT2D eigenvalue weighted by molar-refractivity contribution is -0.121. The Bertz CT molecular complexity index is 352. The molecule has 88 valence electrons. The maximum absolute atomic E-state index is 11.4. The van der Waals surface area contributed by atoms with Gasteiger partial charge >= 0.3 is 0 Å². The van der Waals surface area contributed by atoms with E-state index in [2.05, 4.69) is 4.98 Å². The molecule has 0 bridgehead atoms. The van der Waals surface area contributed by atoms with Crippen LogP contribution in [0.4, 0.5) is 0 Å². The number of aliphatic hydroxyl groups excluding tert-OH is 1. The number of rotatable bonds is 6. The van der Waals surface area contributed by atoms with Crippen LogP contribution in [0, 0.1) is 5.92 Å². The summed E-state index contributed by atoms with van der Waals surface area (Å²) in [5.41, 5.74) is 0.902. The molecule has 0 aromatic carbocycles. The molecule has 1 N–H and O–H groups in total. The van der Waals surface area contributed by atoms with Gasteiger partial charge in [0, 0.05) is 24.3 Å². The molecule has 4 heteroatoms. The average Bonchev–Trinajstić information content (AvgIpc) is 2.29. The molecule has 0 fully saturated rings. The van der Waals surface area contributed by atoms with Crippen molar-refractivity contribution in [3.05, 3.63) is 23.9 Å². The van der Waals surface area contributed by atoms with E-state index in [1.165, 1.54) is 0 Å². The van der Waals surface area contributed by atoms with Crippen molar-refractivity contribution in [1.29, 1.82) is 0 Å². The van der Waals surface area contributed by atoms with E-state index < -0.39 is 0 Å². The van der Waals surface area contributed by atoms with Gasteiger partial charge in [0.25, 0.3) is 0 Å². The summed E-state index contributed by atoms with van der Waals surface area (Å²) < 4.78 is 5.12. The summed E-state index contributed by atoms with van der Waals surface area (Å²) in [7, 11) is 1.56. The molecule has 1 heterocycles. The van der Waals surface area contributed by atoms with Gasteiger partial charge in [-0.3, -0.25) is 4.79 Å². The molecule has 0 aliphatic heterocycles. The molecular weight excluding hydrogens is 206 g/mol. The summed E-state index contributed by atoms with van der Waals surface area (Å²) in [6.07, 6.45) is 2.69. The normalized spacial score (nSPS) is 12.2. The van der Waals surface area contributed by atoms with Crippen molar-refractivity contribution in [2.24, 2.45) is 5.92 Å². The zero-order chi connectivity index (χ0) is 12.0. The van der Waals surface area contributed by atoms with Gasteiger partial charge in [0.05, 0.1) is 7.11 Å². The molecule has 16 heavy (non-hydrogen) atoms. The highest BCUT2D eigenvalue weighted by Crippen LogP contribution is 2.20. The fourth-order valence-corrected chi connectivity index (χ4v) is 1.63. The van der Waals surface area contributed by atoms with Gasteiger partial charge in [-0.1, -0.05) is 6.07 Å². The topological polar surface area (TPSA) is 59.4 Å². The molecule has 0 saturated carbocycles. The molecule has 0 saturated heterocycles. The summed E-state index contributed by atoms with van der Waals surface area (Å²) in [6, 6.07) is 3.70. The number of ether oxygens (including phenoxy) is 1. The second-order valence-corrected chi connectivity index (χ2v) is 3.70. The van der Waals surface area contributed by atoms with Crippen LogP contribution in [0.25, 0.3) is 0 Å². The lowest BCUT2D eigenvalue weighted by atomic mass is 9.94. The number of hydrogen-bond acceptors (Lipinski definition) is 4. The van der Waals surface area contributed by atoms with Crippen molar-refractivity contribution >= 4 is 5.78 Å². The highest BCUT2D eigenvalue weighted by Gasteiger charge is 2.16. The molecule has 4 nitrogen and oxygen atoms in total. The number of carbonyl (C=O) groups is 1. The highest BCUT2D eigenvalue weighted by atomic mass is 16.5. The van der Waals surface area contributed by atoms with Crippen LogP contribution in [0.5, 0.6) is 5.88 Å². The van der Waals surface area contributed by atoms with Crippen molar-refractivity contribution in [2.75, 3.05) is 13.7 Å². The number of carbonyl (C=O) groups excluding carboxylic acids is 1. The van der Waals surface area contributed by atoms with Crippen LogP contribution in [-0.2, 0) is 11.2 Å². The van der Waals surface area contributed by atoms with Crippen LogP contribution >= 0.6 is 0 Å². The predicted molar refractivity (Wildman–Crippen MR) is 60.4 cm³/mol. The Morgan fingerprint density at radius 3 is 2.94 bits per heavy atom. The van der Waals surface area contributed by atoms with E-state index in [1.54, 1.807) is 20.2 Å². The largest absolute Gasteiger partial charge is 0.481 e. The van der Waals surface area contributed by atoms with E-state index >= 15 is 0 Å². The highest BCUT2D eigenvalue weighted by molar-refractivity contribution is 5.78. The third-order valence-corrected chi connectivity index (χ3v) is 2.56. The second kappa shape index (κ2) is 6.23. The SMILES string of the molecule is COc1ncccc1CC(CCO)C(C)=O. The lowest BCUT2D eigenvalue weighted by Gasteiger charge is -2.13. The number of nitrogens with zero attached hydrogens (tertiary/aromatic N) is 1. The zero-order valence-electron chi connectivity index (χ0n) is 9.64. The van der Waals surface area contributed by atoms with E-state index in [0.717, 1.165) is 5.56 Å². The summed E-state index contributed by atoms with van der Waals surface area (Å²) in [5.74, 6) is 0.467. The van der Waals surface area contributed by atoms with Crippen LogP contribution in [0.3, 0.4) is 0 Å². The first-order valence-corrected chi connectivity index (χ1v) is 5.28. The number of methoxy groups -OCH3 is 1. The number of aromatic nitrogens is 1. The van der Waals surface area contributed by atoms with E-state index in [-0.39, 0.29) is 18.3 Å².